The van der Waals surface area contributed by atoms with Crippen LogP contribution >= 0.6 is 0 Å². The van der Waals surface area contributed by atoms with E-state index >= 15 is 0 Å². The first-order valence-electron chi connectivity index (χ1n) is 10.6. The molecule has 5 nitrogen and oxygen atoms in total. The third kappa shape index (κ3) is 3.98. The molecule has 4 rings (SSSR count). The van der Waals surface area contributed by atoms with Crippen molar-refractivity contribution in [2.24, 2.45) is 5.92 Å². The maximum atomic E-state index is 13.3. The average Bonchev–Trinajstić information content (AvgIpc) is 3.19. The van der Waals surface area contributed by atoms with Gasteiger partial charge in [0.25, 0.3) is 0 Å². The quantitative estimate of drug-likeness (QED) is 0.777. The summed E-state index contributed by atoms with van der Waals surface area (Å²) in [5, 5.41) is 0. The van der Waals surface area contributed by atoms with Gasteiger partial charge in [-0.25, -0.2) is 14.4 Å². The molecule has 2 aromatic rings. The van der Waals surface area contributed by atoms with Gasteiger partial charge in [0.1, 0.15) is 11.6 Å². The van der Waals surface area contributed by atoms with Crippen LogP contribution in [-0.4, -0.2) is 33.9 Å². The van der Waals surface area contributed by atoms with Gasteiger partial charge in [0.2, 0.25) is 5.91 Å². The smallest absolute Gasteiger partial charge is 0.225 e. The molecule has 3 heterocycles. The van der Waals surface area contributed by atoms with Crippen molar-refractivity contribution in [2.45, 2.75) is 59.0 Å². The third-order valence-electron chi connectivity index (χ3n) is 5.98. The molecule has 1 aromatic heterocycles. The van der Waals surface area contributed by atoms with Gasteiger partial charge in [0.15, 0.2) is 5.82 Å². The highest BCUT2D eigenvalue weighted by Crippen LogP contribution is 2.35. The maximum Gasteiger partial charge on any atom is 0.225 e. The zero-order valence-electron chi connectivity index (χ0n) is 17.5. The number of rotatable bonds is 4. The number of hydrogen-bond acceptors (Lipinski definition) is 4. The molecule has 1 aromatic carbocycles. The van der Waals surface area contributed by atoms with E-state index in [1.807, 2.05) is 30.9 Å². The Morgan fingerprint density at radius 1 is 1.17 bits per heavy atom. The van der Waals surface area contributed by atoms with Crippen LogP contribution in [0.2, 0.25) is 0 Å². The second-order valence-corrected chi connectivity index (χ2v) is 8.47. The molecule has 1 saturated heterocycles. The van der Waals surface area contributed by atoms with E-state index < -0.39 is 0 Å². The van der Waals surface area contributed by atoms with Crippen molar-refractivity contribution in [1.82, 2.24) is 14.9 Å². The Balaban J connectivity index is 1.66. The molecule has 29 heavy (non-hydrogen) atoms. The summed E-state index contributed by atoms with van der Waals surface area (Å²) in [4.78, 5) is 26.7. The van der Waals surface area contributed by atoms with Crippen LogP contribution in [0.1, 0.15) is 61.8 Å². The molecular weight excluding hydrogens is 367 g/mol. The summed E-state index contributed by atoms with van der Waals surface area (Å²) >= 11 is 0. The van der Waals surface area contributed by atoms with Gasteiger partial charge in [-0.2, -0.15) is 0 Å². The van der Waals surface area contributed by atoms with Crippen molar-refractivity contribution in [3.05, 3.63) is 52.7 Å². The normalized spacial score (nSPS) is 19.0. The summed E-state index contributed by atoms with van der Waals surface area (Å²) in [6.45, 7) is 8.33. The van der Waals surface area contributed by atoms with Crippen LogP contribution in [0.4, 0.5) is 10.2 Å². The van der Waals surface area contributed by atoms with E-state index in [0.29, 0.717) is 6.54 Å². The number of benzene rings is 1. The van der Waals surface area contributed by atoms with E-state index in [0.717, 1.165) is 61.7 Å². The van der Waals surface area contributed by atoms with Crippen molar-refractivity contribution in [3.8, 4) is 0 Å². The molecule has 0 saturated carbocycles. The first-order valence-corrected chi connectivity index (χ1v) is 10.6. The minimum absolute atomic E-state index is 0.0238. The fourth-order valence-corrected chi connectivity index (χ4v) is 4.45. The molecule has 1 fully saturated rings. The predicted molar refractivity (Wildman–Crippen MR) is 111 cm³/mol. The number of halogens is 1. The Morgan fingerprint density at radius 3 is 2.66 bits per heavy atom. The Morgan fingerprint density at radius 2 is 1.93 bits per heavy atom. The molecule has 2 aliphatic rings. The fourth-order valence-electron chi connectivity index (χ4n) is 4.45. The van der Waals surface area contributed by atoms with E-state index in [9.17, 15) is 9.18 Å². The minimum atomic E-state index is -0.218. The molecule has 0 bridgehead atoms. The lowest BCUT2D eigenvalue weighted by Gasteiger charge is -2.32. The number of aromatic nitrogens is 2. The number of carbonyl (C=O) groups excluding carboxylic acids is 1. The topological polar surface area (TPSA) is 49.3 Å². The van der Waals surface area contributed by atoms with Crippen LogP contribution in [0, 0.1) is 18.7 Å². The van der Waals surface area contributed by atoms with E-state index in [1.165, 1.54) is 17.7 Å². The SMILES string of the molecule is Cc1nc(C2CCCN2C(=O)C(C)C)nc2c1CCCN2Cc1ccc(F)cc1. The molecule has 0 spiro atoms. The number of carbonyl (C=O) groups is 1. The maximum absolute atomic E-state index is 13.3. The van der Waals surface area contributed by atoms with E-state index in [1.54, 1.807) is 0 Å². The number of nitrogens with zero attached hydrogens (tertiary/aromatic N) is 4. The van der Waals surface area contributed by atoms with Gasteiger partial charge in [-0.3, -0.25) is 4.79 Å². The average molecular weight is 397 g/mol. The lowest BCUT2D eigenvalue weighted by molar-refractivity contribution is -0.135. The van der Waals surface area contributed by atoms with Gasteiger partial charge < -0.3 is 9.80 Å². The van der Waals surface area contributed by atoms with Gasteiger partial charge in [0.05, 0.1) is 6.04 Å². The number of amides is 1. The van der Waals surface area contributed by atoms with Gasteiger partial charge in [-0.15, -0.1) is 0 Å². The van der Waals surface area contributed by atoms with Crippen LogP contribution in [0.3, 0.4) is 0 Å². The number of aryl methyl sites for hydroxylation is 1. The Kier molecular flexibility index (Phi) is 5.52. The second kappa shape index (κ2) is 8.09. The summed E-state index contributed by atoms with van der Waals surface area (Å²) in [7, 11) is 0. The van der Waals surface area contributed by atoms with E-state index in [-0.39, 0.29) is 23.7 Å². The molecule has 1 atom stereocenters. The van der Waals surface area contributed by atoms with Crippen LogP contribution in [-0.2, 0) is 17.8 Å². The highest BCUT2D eigenvalue weighted by molar-refractivity contribution is 5.78. The Hall–Kier alpha value is -2.50. The highest BCUT2D eigenvalue weighted by Gasteiger charge is 2.34. The second-order valence-electron chi connectivity index (χ2n) is 8.47. The molecule has 1 unspecified atom stereocenters. The van der Waals surface area contributed by atoms with Crippen LogP contribution < -0.4 is 4.90 Å². The van der Waals surface area contributed by atoms with Crippen molar-refractivity contribution in [3.63, 3.8) is 0 Å². The molecule has 0 aliphatic carbocycles. The molecular formula is C23H29FN4O. The zero-order valence-corrected chi connectivity index (χ0v) is 17.5. The summed E-state index contributed by atoms with van der Waals surface area (Å²) < 4.78 is 13.3. The Labute approximate surface area is 172 Å². The molecule has 0 N–H and O–H groups in total. The van der Waals surface area contributed by atoms with Gasteiger partial charge in [0, 0.05) is 36.8 Å². The van der Waals surface area contributed by atoms with Gasteiger partial charge >= 0.3 is 0 Å². The lowest BCUT2D eigenvalue weighted by atomic mass is 10.0. The summed E-state index contributed by atoms with van der Waals surface area (Å²) in [6.07, 6.45) is 3.93. The first kappa shape index (κ1) is 19.8. The first-order chi connectivity index (χ1) is 13.9. The van der Waals surface area contributed by atoms with Crippen LogP contribution in [0.5, 0.6) is 0 Å². The van der Waals surface area contributed by atoms with E-state index in [4.69, 9.17) is 9.97 Å². The predicted octanol–water partition coefficient (Wildman–Crippen LogP) is 4.20. The number of anilines is 1. The molecule has 1 amide bonds. The molecule has 0 radical (unpaired) electrons. The standard InChI is InChI=1S/C23H29FN4O/c1-15(2)23(29)28-13-5-7-20(28)21-25-16(3)19-6-4-12-27(22(19)26-21)14-17-8-10-18(24)11-9-17/h8-11,15,20H,4-7,12-14H2,1-3H3. The lowest BCUT2D eigenvalue weighted by Crippen LogP contribution is -2.36. The Bertz CT molecular complexity index is 896. The van der Waals surface area contributed by atoms with Crippen LogP contribution in [0.15, 0.2) is 24.3 Å². The van der Waals surface area contributed by atoms with Gasteiger partial charge in [-0.05, 0) is 50.3 Å². The zero-order chi connectivity index (χ0) is 20.5. The summed E-state index contributed by atoms with van der Waals surface area (Å²) in [5.41, 5.74) is 3.27. The third-order valence-corrected chi connectivity index (χ3v) is 5.98. The molecule has 154 valence electrons. The van der Waals surface area contributed by atoms with Crippen molar-refractivity contribution >= 4 is 11.7 Å². The molecule has 6 heteroatoms. The van der Waals surface area contributed by atoms with E-state index in [2.05, 4.69) is 11.8 Å². The van der Waals surface area contributed by atoms with Crippen LogP contribution in [0.25, 0.3) is 0 Å². The number of hydrogen-bond donors (Lipinski definition) is 0. The summed E-state index contributed by atoms with van der Waals surface area (Å²) in [6, 6.07) is 6.63. The van der Waals surface area contributed by atoms with Crippen molar-refractivity contribution < 1.29 is 9.18 Å². The fraction of sp³-hybridized carbons (Fsp3) is 0.522. The number of likely N-dealkylation sites (tertiary alicyclic amines) is 1. The van der Waals surface area contributed by atoms with Crippen molar-refractivity contribution in [1.29, 1.82) is 0 Å². The highest BCUT2D eigenvalue weighted by atomic mass is 19.1. The minimum Gasteiger partial charge on any atom is -0.352 e. The number of fused-ring (bicyclic) bond motifs is 1. The summed E-state index contributed by atoms with van der Waals surface area (Å²) in [5.74, 6) is 1.68. The molecule has 2 aliphatic heterocycles. The largest absolute Gasteiger partial charge is 0.352 e. The van der Waals surface area contributed by atoms with Crippen molar-refractivity contribution in [2.75, 3.05) is 18.0 Å². The monoisotopic (exact) mass is 396 g/mol. The van der Waals surface area contributed by atoms with Gasteiger partial charge in [-0.1, -0.05) is 26.0 Å².